The highest BCUT2D eigenvalue weighted by molar-refractivity contribution is 6.60. The molecule has 1 heterocycles. The van der Waals surface area contributed by atoms with Crippen molar-refractivity contribution < 1.29 is 4.74 Å². The topological polar surface area (TPSA) is 12.5 Å². The minimum Gasteiger partial charge on any atom is -0.403 e. The van der Waals surface area contributed by atoms with E-state index in [4.69, 9.17) is 4.74 Å². The van der Waals surface area contributed by atoms with Gasteiger partial charge in [-0.15, -0.1) is 0 Å². The van der Waals surface area contributed by atoms with Crippen LogP contribution in [-0.4, -0.2) is 110 Å². The third kappa shape index (κ3) is 3.06. The number of ether oxygens (including phenoxy) is 1. The van der Waals surface area contributed by atoms with E-state index in [2.05, 4.69) is 104 Å². The van der Waals surface area contributed by atoms with Crippen LogP contribution in [0.1, 0.15) is 40.0 Å². The molecule has 0 radical (unpaired) electrons. The van der Waals surface area contributed by atoms with E-state index in [1.165, 1.54) is 19.3 Å². The van der Waals surface area contributed by atoms with Gasteiger partial charge in [0.15, 0.2) is 0 Å². The second kappa shape index (κ2) is 6.32. The lowest BCUT2D eigenvalue weighted by atomic mass is 9.27. The summed E-state index contributed by atoms with van der Waals surface area (Å²) in [5, 5.41) is -0.517. The molecular weight excluding hydrogens is 282 g/mol. The standard InChI is InChI=1S/C12H35B10NO/c1-4-6-7(3,5-2)8(13,14)23-9(15,16)11(19,20)24-12(21,22)10(23,17)18/h4-6,13-22H2,1-3H3. The van der Waals surface area contributed by atoms with Crippen LogP contribution < -0.4 is 0 Å². The third-order valence-corrected chi connectivity index (χ3v) is 8.19. The Hall–Kier alpha value is 0.569. The molecular formula is C12H35B10NO. The van der Waals surface area contributed by atoms with Gasteiger partial charge >= 0.3 is 0 Å². The van der Waals surface area contributed by atoms with Gasteiger partial charge in [0, 0.05) is 10.8 Å². The predicted molar refractivity (Wildman–Crippen MR) is 135 cm³/mol. The Bertz CT molecular complexity index is 454. The van der Waals surface area contributed by atoms with E-state index in [1.807, 2.05) is 0 Å². The molecule has 0 amide bonds. The zero-order valence-electron chi connectivity index (χ0n) is 19.0. The summed E-state index contributed by atoms with van der Waals surface area (Å²) in [5.74, 6) is 0. The smallest absolute Gasteiger partial charge is 0.132 e. The summed E-state index contributed by atoms with van der Waals surface area (Å²) >= 11 is 0. The van der Waals surface area contributed by atoms with Crippen molar-refractivity contribution in [3.8, 4) is 0 Å². The molecule has 1 aliphatic rings. The van der Waals surface area contributed by atoms with Crippen molar-refractivity contribution in [1.82, 2.24) is 4.90 Å². The largest absolute Gasteiger partial charge is 0.403 e. The molecule has 1 saturated heterocycles. The summed E-state index contributed by atoms with van der Waals surface area (Å²) in [4.78, 5) is 2.80. The maximum Gasteiger partial charge on any atom is 0.132 e. The fourth-order valence-electron chi connectivity index (χ4n) is 5.26. The molecule has 1 rings (SSSR count). The maximum atomic E-state index is 6.68. The summed E-state index contributed by atoms with van der Waals surface area (Å²) in [7, 11) is 23.4. The summed E-state index contributed by atoms with van der Waals surface area (Å²) in [6.07, 6.45) is 3.67. The Morgan fingerprint density at radius 1 is 0.833 bits per heavy atom. The third-order valence-electron chi connectivity index (χ3n) is 8.19. The van der Waals surface area contributed by atoms with Gasteiger partial charge in [-0.3, -0.25) is 0 Å². The Labute approximate surface area is 160 Å². The molecule has 0 N–H and O–H groups in total. The molecule has 0 aromatic heterocycles. The normalized spacial score (nSPS) is 28.0. The summed E-state index contributed by atoms with van der Waals surface area (Å²) in [6, 6.07) is 0. The Morgan fingerprint density at radius 3 is 1.50 bits per heavy atom. The predicted octanol–water partition coefficient (Wildman–Crippen LogP) is -7.86. The fraction of sp³-hybridized carbons (Fsp3) is 1.00. The molecule has 0 aliphatic carbocycles. The van der Waals surface area contributed by atoms with Gasteiger partial charge in [-0.05, 0) is 27.8 Å². The molecule has 124 valence electrons. The first kappa shape index (κ1) is 22.6. The van der Waals surface area contributed by atoms with E-state index in [9.17, 15) is 0 Å². The molecule has 24 heavy (non-hydrogen) atoms. The molecule has 0 spiro atoms. The second-order valence-corrected chi connectivity index (χ2v) is 10.8. The van der Waals surface area contributed by atoms with Gasteiger partial charge in [0.1, 0.15) is 78.5 Å². The minimum absolute atomic E-state index is 0.0586. The van der Waals surface area contributed by atoms with Gasteiger partial charge in [0.2, 0.25) is 0 Å². The average molecular weight is 318 g/mol. The van der Waals surface area contributed by atoms with Crippen LogP contribution in [0.2, 0.25) is 0 Å². The molecule has 0 bridgehead atoms. The maximum absolute atomic E-state index is 6.68. The average Bonchev–Trinajstić information content (AvgIpc) is 2.34. The van der Waals surface area contributed by atoms with Crippen molar-refractivity contribution in [3.05, 3.63) is 0 Å². The molecule has 0 aromatic rings. The molecule has 12 heteroatoms. The molecule has 2 nitrogen and oxygen atoms in total. The van der Waals surface area contributed by atoms with Gasteiger partial charge in [-0.1, -0.05) is 33.6 Å². The number of morpholine rings is 1. The van der Waals surface area contributed by atoms with Crippen molar-refractivity contribution in [2.75, 3.05) is 0 Å². The molecule has 1 atom stereocenters. The van der Waals surface area contributed by atoms with E-state index in [0.717, 1.165) is 0 Å². The Kier molecular flexibility index (Phi) is 5.96. The van der Waals surface area contributed by atoms with Crippen molar-refractivity contribution in [2.45, 2.75) is 66.8 Å². The van der Waals surface area contributed by atoms with Crippen LogP contribution in [0.3, 0.4) is 0 Å². The van der Waals surface area contributed by atoms with E-state index < -0.39 is 0 Å². The van der Waals surface area contributed by atoms with Gasteiger partial charge in [0.25, 0.3) is 0 Å². The van der Waals surface area contributed by atoms with E-state index in [0.29, 0.717) is 0 Å². The lowest BCUT2D eigenvalue weighted by Gasteiger charge is -2.75. The highest BCUT2D eigenvalue weighted by Crippen LogP contribution is 2.49. The van der Waals surface area contributed by atoms with Crippen LogP contribution >= 0.6 is 0 Å². The van der Waals surface area contributed by atoms with Crippen LogP contribution in [0, 0.1) is 5.41 Å². The van der Waals surface area contributed by atoms with Gasteiger partial charge in [-0.25, -0.2) is 0 Å². The first-order valence-corrected chi connectivity index (χ1v) is 9.95. The monoisotopic (exact) mass is 319 g/mol. The first-order valence-electron chi connectivity index (χ1n) is 9.95. The van der Waals surface area contributed by atoms with Gasteiger partial charge in [-0.2, -0.15) is 0 Å². The van der Waals surface area contributed by atoms with Crippen LogP contribution in [0.15, 0.2) is 0 Å². The van der Waals surface area contributed by atoms with Crippen LogP contribution in [0.5, 0.6) is 0 Å². The molecule has 0 aromatic carbocycles. The van der Waals surface area contributed by atoms with Crippen LogP contribution in [-0.2, 0) is 4.74 Å². The van der Waals surface area contributed by atoms with Crippen molar-refractivity contribution in [1.29, 1.82) is 0 Å². The molecule has 1 aliphatic heterocycles. The summed E-state index contributed by atoms with van der Waals surface area (Å²) < 4.78 is 6.68. The summed E-state index contributed by atoms with van der Waals surface area (Å²) in [6.45, 7) is 7.15. The number of nitrogens with zero attached hydrogens (tertiary/aromatic N) is 1. The quantitative estimate of drug-likeness (QED) is 0.467. The molecule has 1 unspecified atom stereocenters. The zero-order valence-corrected chi connectivity index (χ0v) is 19.0. The lowest BCUT2D eigenvalue weighted by Crippen LogP contribution is -2.90. The van der Waals surface area contributed by atoms with E-state index in [-0.39, 0.29) is 32.2 Å². The number of hydrogen-bond donors (Lipinski definition) is 0. The van der Waals surface area contributed by atoms with Gasteiger partial charge < -0.3 is 9.64 Å². The van der Waals surface area contributed by atoms with Gasteiger partial charge in [0.05, 0.1) is 0 Å². The number of hydrogen-bond acceptors (Lipinski definition) is 2. The van der Waals surface area contributed by atoms with Crippen LogP contribution in [0.4, 0.5) is 0 Å². The Balaban J connectivity index is 3.65. The SMILES string of the molecule is BC1(B)OC(B)(B)C(B)(B)N(C(B)(B)C(C)(CC)CCC)C1(B)B. The fourth-order valence-corrected chi connectivity index (χ4v) is 5.26. The second-order valence-electron chi connectivity index (χ2n) is 10.8. The van der Waals surface area contributed by atoms with Crippen molar-refractivity contribution >= 4 is 78.5 Å². The highest BCUT2D eigenvalue weighted by Gasteiger charge is 2.63. The Morgan fingerprint density at radius 2 is 1.21 bits per heavy atom. The molecule has 1 fully saturated rings. The first-order chi connectivity index (χ1) is 10.4. The zero-order chi connectivity index (χ0) is 19.4. The highest BCUT2D eigenvalue weighted by atomic mass is 16.5. The lowest BCUT2D eigenvalue weighted by molar-refractivity contribution is -0.138. The van der Waals surface area contributed by atoms with Crippen LogP contribution in [0.25, 0.3) is 0 Å². The number of rotatable bonds is 5. The molecule has 0 saturated carbocycles. The van der Waals surface area contributed by atoms with E-state index >= 15 is 0 Å². The summed E-state index contributed by atoms with van der Waals surface area (Å²) in [5.41, 5.74) is 0.264. The van der Waals surface area contributed by atoms with Crippen molar-refractivity contribution in [2.24, 2.45) is 5.41 Å². The van der Waals surface area contributed by atoms with E-state index in [1.54, 1.807) is 0 Å². The van der Waals surface area contributed by atoms with Crippen molar-refractivity contribution in [3.63, 3.8) is 0 Å². The minimum atomic E-state index is -0.218.